The predicted molar refractivity (Wildman–Crippen MR) is 68.4 cm³/mol. The molecule has 0 aliphatic carbocycles. The highest BCUT2D eigenvalue weighted by atomic mass is 32.2. The second kappa shape index (κ2) is 4.94. The number of guanidine groups is 1. The lowest BCUT2D eigenvalue weighted by Gasteiger charge is -2.18. The zero-order chi connectivity index (χ0) is 14.0. The standard InChI is InChI=1S/C10H11FN4O3S/c1-7-2-3-8(19(16,17)18)4-9(7)14-10-13-5-12-6-15(10)11/h2-5H,6H2,1H3,(H,12,13,14)(H,16,17,18). The van der Waals surface area contributed by atoms with Crippen molar-refractivity contribution in [3.63, 3.8) is 0 Å². The van der Waals surface area contributed by atoms with Crippen LogP contribution in [0.25, 0.3) is 0 Å². The Morgan fingerprint density at radius 3 is 2.84 bits per heavy atom. The summed E-state index contributed by atoms with van der Waals surface area (Å²) in [4.78, 5) is 7.00. The van der Waals surface area contributed by atoms with E-state index in [9.17, 15) is 12.9 Å². The molecule has 1 aromatic carbocycles. The zero-order valence-electron chi connectivity index (χ0n) is 9.91. The van der Waals surface area contributed by atoms with Crippen molar-refractivity contribution < 1.29 is 17.5 Å². The summed E-state index contributed by atoms with van der Waals surface area (Å²) >= 11 is 0. The van der Waals surface area contributed by atoms with Gasteiger partial charge in [-0.05, 0) is 24.6 Å². The van der Waals surface area contributed by atoms with Crippen molar-refractivity contribution in [1.29, 1.82) is 0 Å². The maximum Gasteiger partial charge on any atom is 0.294 e. The average Bonchev–Trinajstić information content (AvgIpc) is 2.33. The summed E-state index contributed by atoms with van der Waals surface area (Å²) in [7, 11) is -4.31. The van der Waals surface area contributed by atoms with Gasteiger partial charge in [0.2, 0.25) is 5.96 Å². The maximum atomic E-state index is 13.4. The molecule has 9 heteroatoms. The average molecular weight is 286 g/mol. The Bertz CT molecular complexity index is 657. The Hall–Kier alpha value is -2.00. The van der Waals surface area contributed by atoms with E-state index in [1.165, 1.54) is 24.5 Å². The molecule has 0 unspecified atom stereocenters. The summed E-state index contributed by atoms with van der Waals surface area (Å²) in [6, 6.07) is 3.95. The van der Waals surface area contributed by atoms with E-state index in [2.05, 4.69) is 15.3 Å². The third kappa shape index (κ3) is 3.06. The normalized spacial score (nSPS) is 15.3. The number of aryl methyl sites for hydroxylation is 1. The van der Waals surface area contributed by atoms with Crippen LogP contribution in [0.5, 0.6) is 0 Å². The van der Waals surface area contributed by atoms with Gasteiger partial charge >= 0.3 is 0 Å². The fourth-order valence-corrected chi connectivity index (χ4v) is 1.95. The van der Waals surface area contributed by atoms with Crippen LogP contribution in [-0.2, 0) is 10.1 Å². The fraction of sp³-hybridized carbons (Fsp3) is 0.200. The Labute approximate surface area is 109 Å². The number of halogens is 1. The first kappa shape index (κ1) is 13.4. The maximum absolute atomic E-state index is 13.4. The molecule has 2 N–H and O–H groups in total. The van der Waals surface area contributed by atoms with Crippen LogP contribution in [0.4, 0.5) is 10.2 Å². The molecule has 7 nitrogen and oxygen atoms in total. The number of aliphatic imine (C=N–C) groups is 2. The van der Waals surface area contributed by atoms with Gasteiger partial charge in [0, 0.05) is 5.69 Å². The molecule has 0 spiro atoms. The van der Waals surface area contributed by atoms with Crippen molar-refractivity contribution >= 4 is 28.1 Å². The van der Waals surface area contributed by atoms with Gasteiger partial charge in [0.25, 0.3) is 10.1 Å². The highest BCUT2D eigenvalue weighted by Gasteiger charge is 2.16. The topological polar surface area (TPSA) is 94.4 Å². The van der Waals surface area contributed by atoms with Crippen LogP contribution < -0.4 is 5.32 Å². The van der Waals surface area contributed by atoms with Crippen LogP contribution in [0.3, 0.4) is 0 Å². The van der Waals surface area contributed by atoms with Gasteiger partial charge < -0.3 is 5.32 Å². The molecular weight excluding hydrogens is 275 g/mol. The van der Waals surface area contributed by atoms with E-state index in [0.29, 0.717) is 11.3 Å². The summed E-state index contributed by atoms with van der Waals surface area (Å²) in [5, 5.41) is 2.92. The first-order valence-electron chi connectivity index (χ1n) is 5.22. The lowest BCUT2D eigenvalue weighted by atomic mass is 10.2. The Kier molecular flexibility index (Phi) is 3.49. The summed E-state index contributed by atoms with van der Waals surface area (Å²) in [5.41, 5.74) is 0.998. The number of rotatable bonds is 2. The minimum Gasteiger partial charge on any atom is -0.324 e. The summed E-state index contributed by atoms with van der Waals surface area (Å²) in [5.74, 6) is -0.106. The van der Waals surface area contributed by atoms with Gasteiger partial charge in [0.15, 0.2) is 0 Å². The summed E-state index contributed by atoms with van der Waals surface area (Å²) < 4.78 is 44.4. The van der Waals surface area contributed by atoms with Crippen molar-refractivity contribution in [3.8, 4) is 0 Å². The highest BCUT2D eigenvalue weighted by molar-refractivity contribution is 7.85. The summed E-state index contributed by atoms with van der Waals surface area (Å²) in [6.07, 6.45) is 1.19. The van der Waals surface area contributed by atoms with E-state index in [1.54, 1.807) is 6.92 Å². The van der Waals surface area contributed by atoms with Crippen LogP contribution >= 0.6 is 0 Å². The van der Waals surface area contributed by atoms with Crippen molar-refractivity contribution in [2.75, 3.05) is 12.0 Å². The predicted octanol–water partition coefficient (Wildman–Crippen LogP) is 1.20. The van der Waals surface area contributed by atoms with E-state index in [0.717, 1.165) is 0 Å². The van der Waals surface area contributed by atoms with Crippen molar-refractivity contribution in [2.45, 2.75) is 11.8 Å². The lowest BCUT2D eigenvalue weighted by Crippen LogP contribution is -2.32. The van der Waals surface area contributed by atoms with Crippen LogP contribution in [0.2, 0.25) is 0 Å². The molecule has 0 fully saturated rings. The van der Waals surface area contributed by atoms with Gasteiger partial charge in [-0.2, -0.15) is 13.5 Å². The molecule has 1 heterocycles. The molecule has 102 valence electrons. The molecular formula is C10H11FN4O3S. The Morgan fingerprint density at radius 2 is 2.21 bits per heavy atom. The van der Waals surface area contributed by atoms with Crippen LogP contribution in [-0.4, -0.2) is 37.1 Å². The van der Waals surface area contributed by atoms with Crippen LogP contribution in [0, 0.1) is 6.92 Å². The molecule has 1 aliphatic rings. The van der Waals surface area contributed by atoms with Gasteiger partial charge in [-0.25, -0.2) is 9.98 Å². The van der Waals surface area contributed by atoms with Crippen LogP contribution in [0.15, 0.2) is 33.1 Å². The van der Waals surface area contributed by atoms with Crippen molar-refractivity contribution in [2.24, 2.45) is 9.98 Å². The minimum absolute atomic E-state index is 0.106. The number of hydrogen-bond acceptors (Lipinski definition) is 6. The Morgan fingerprint density at radius 1 is 1.47 bits per heavy atom. The number of benzene rings is 1. The first-order valence-corrected chi connectivity index (χ1v) is 6.66. The zero-order valence-corrected chi connectivity index (χ0v) is 10.7. The van der Waals surface area contributed by atoms with Crippen LogP contribution in [0.1, 0.15) is 5.56 Å². The van der Waals surface area contributed by atoms with Gasteiger partial charge in [-0.15, -0.1) is 0 Å². The van der Waals surface area contributed by atoms with Crippen molar-refractivity contribution in [3.05, 3.63) is 23.8 Å². The molecule has 0 atom stereocenters. The van der Waals surface area contributed by atoms with E-state index < -0.39 is 10.1 Å². The minimum atomic E-state index is -4.31. The van der Waals surface area contributed by atoms with Crippen molar-refractivity contribution in [1.82, 2.24) is 5.12 Å². The second-order valence-corrected chi connectivity index (χ2v) is 5.25. The molecule has 0 saturated carbocycles. The smallest absolute Gasteiger partial charge is 0.294 e. The number of hydrogen-bond donors (Lipinski definition) is 2. The highest BCUT2D eigenvalue weighted by Crippen LogP contribution is 2.20. The first-order chi connectivity index (χ1) is 8.88. The van der Waals surface area contributed by atoms with Gasteiger partial charge in [-0.3, -0.25) is 4.55 Å². The molecule has 0 radical (unpaired) electrons. The molecule has 1 aromatic rings. The SMILES string of the molecule is Cc1ccc(S(=O)(=O)O)cc1NC1=NC=NCN1F. The molecule has 0 bridgehead atoms. The quantitative estimate of drug-likeness (QED) is 0.629. The van der Waals surface area contributed by atoms with Gasteiger partial charge in [0.1, 0.15) is 13.0 Å². The second-order valence-electron chi connectivity index (χ2n) is 3.83. The molecule has 19 heavy (non-hydrogen) atoms. The molecule has 0 aromatic heterocycles. The Balaban J connectivity index is 2.35. The third-order valence-electron chi connectivity index (χ3n) is 2.45. The lowest BCUT2D eigenvalue weighted by molar-refractivity contribution is 0.124. The van der Waals surface area contributed by atoms with E-state index in [-0.39, 0.29) is 22.6 Å². The molecule has 0 amide bonds. The van der Waals surface area contributed by atoms with Gasteiger partial charge in [-0.1, -0.05) is 10.5 Å². The summed E-state index contributed by atoms with van der Waals surface area (Å²) in [6.45, 7) is 1.51. The largest absolute Gasteiger partial charge is 0.324 e. The van der Waals surface area contributed by atoms with E-state index in [1.807, 2.05) is 0 Å². The van der Waals surface area contributed by atoms with Gasteiger partial charge in [0.05, 0.1) is 4.90 Å². The monoisotopic (exact) mass is 286 g/mol. The number of nitrogens with zero attached hydrogens (tertiary/aromatic N) is 3. The number of nitrogens with one attached hydrogen (secondary N) is 1. The molecule has 0 saturated heterocycles. The number of anilines is 1. The third-order valence-corrected chi connectivity index (χ3v) is 3.30. The van der Waals surface area contributed by atoms with E-state index >= 15 is 0 Å². The fourth-order valence-electron chi connectivity index (χ4n) is 1.44. The molecule has 2 rings (SSSR count). The molecule has 1 aliphatic heterocycles. The van der Waals surface area contributed by atoms with E-state index in [4.69, 9.17) is 4.55 Å².